The van der Waals surface area contributed by atoms with Gasteiger partial charge in [0.2, 0.25) is 5.78 Å². The number of benzene rings is 2. The second-order valence-electron chi connectivity index (χ2n) is 6.29. The zero-order valence-electron chi connectivity index (χ0n) is 15.4. The molecule has 0 bridgehead atoms. The third kappa shape index (κ3) is 3.65. The minimum absolute atomic E-state index is 0.00804. The van der Waals surface area contributed by atoms with Crippen molar-refractivity contribution in [3.8, 4) is 0 Å². The van der Waals surface area contributed by atoms with E-state index < -0.39 is 12.1 Å². The fourth-order valence-electron chi connectivity index (χ4n) is 2.86. The minimum atomic E-state index is -0.970. The summed E-state index contributed by atoms with van der Waals surface area (Å²) in [6.45, 7) is 3.56. The average Bonchev–Trinajstić information content (AvgIpc) is 2.70. The van der Waals surface area contributed by atoms with Crippen molar-refractivity contribution < 1.29 is 14.3 Å². The molecule has 3 rings (SSSR count). The van der Waals surface area contributed by atoms with Gasteiger partial charge in [0, 0.05) is 18.0 Å². The summed E-state index contributed by atoms with van der Waals surface area (Å²) in [6.07, 6.45) is -0.0902. The molecule has 3 aromatic rings. The SMILES string of the molecule is CCc1ccc(C(=O)[C@@H](C)OC(=O)c2nn(C)c(=O)c3ccccc23)cc1. The van der Waals surface area contributed by atoms with Crippen LogP contribution in [0.2, 0.25) is 0 Å². The Bertz CT molecular complexity index is 1070. The van der Waals surface area contributed by atoms with Crippen molar-refractivity contribution in [3.63, 3.8) is 0 Å². The number of carbonyl (C=O) groups excluding carboxylic acids is 2. The predicted octanol–water partition coefficient (Wildman–Crippen LogP) is 2.92. The van der Waals surface area contributed by atoms with Crippen LogP contribution in [0.25, 0.3) is 10.8 Å². The maximum Gasteiger partial charge on any atom is 0.360 e. The summed E-state index contributed by atoms with van der Waals surface area (Å²) >= 11 is 0. The van der Waals surface area contributed by atoms with Crippen LogP contribution >= 0.6 is 0 Å². The molecule has 0 aliphatic carbocycles. The van der Waals surface area contributed by atoms with Crippen LogP contribution in [-0.4, -0.2) is 27.6 Å². The Balaban J connectivity index is 1.86. The van der Waals surface area contributed by atoms with Crippen LogP contribution in [-0.2, 0) is 18.2 Å². The highest BCUT2D eigenvalue weighted by Gasteiger charge is 2.23. The molecule has 0 saturated carbocycles. The Hall–Kier alpha value is -3.28. The second kappa shape index (κ2) is 7.53. The monoisotopic (exact) mass is 364 g/mol. The van der Waals surface area contributed by atoms with Crippen molar-refractivity contribution in [2.75, 3.05) is 0 Å². The van der Waals surface area contributed by atoms with Crippen LogP contribution in [0.5, 0.6) is 0 Å². The molecule has 0 N–H and O–H groups in total. The quantitative estimate of drug-likeness (QED) is 0.514. The van der Waals surface area contributed by atoms with Crippen LogP contribution in [0.15, 0.2) is 53.3 Å². The lowest BCUT2D eigenvalue weighted by atomic mass is 10.0. The van der Waals surface area contributed by atoms with Crippen LogP contribution in [0.4, 0.5) is 0 Å². The van der Waals surface area contributed by atoms with Crippen molar-refractivity contribution in [3.05, 3.63) is 75.7 Å². The normalized spacial score (nSPS) is 12.0. The number of nitrogens with zero attached hydrogens (tertiary/aromatic N) is 2. The lowest BCUT2D eigenvalue weighted by Gasteiger charge is -2.13. The molecule has 0 aliphatic heterocycles. The van der Waals surface area contributed by atoms with Gasteiger partial charge in [0.15, 0.2) is 11.8 Å². The lowest BCUT2D eigenvalue weighted by molar-refractivity contribution is 0.0313. The molecule has 0 fully saturated rings. The smallest absolute Gasteiger partial charge is 0.360 e. The molecule has 0 saturated heterocycles. The summed E-state index contributed by atoms with van der Waals surface area (Å²) in [5.74, 6) is -1.03. The van der Waals surface area contributed by atoms with Crippen molar-refractivity contribution in [2.24, 2.45) is 7.05 Å². The van der Waals surface area contributed by atoms with Gasteiger partial charge in [0.05, 0.1) is 5.39 Å². The number of esters is 1. The highest BCUT2D eigenvalue weighted by molar-refractivity contribution is 6.05. The standard InChI is InChI=1S/C21H20N2O4/c1-4-14-9-11-15(12-10-14)19(24)13(2)27-21(26)18-16-7-5-6-8-17(16)20(25)23(3)22-18/h5-13H,4H2,1-3H3/t13-/m1/s1. The van der Waals surface area contributed by atoms with Gasteiger partial charge in [-0.05, 0) is 25.0 Å². The molecule has 1 atom stereocenters. The number of hydrogen-bond acceptors (Lipinski definition) is 5. The van der Waals surface area contributed by atoms with Crippen molar-refractivity contribution in [1.82, 2.24) is 9.78 Å². The van der Waals surface area contributed by atoms with Crippen LogP contribution in [0, 0.1) is 0 Å². The number of ether oxygens (including phenoxy) is 1. The van der Waals surface area contributed by atoms with Gasteiger partial charge in [-0.3, -0.25) is 9.59 Å². The lowest BCUT2D eigenvalue weighted by Crippen LogP contribution is -2.28. The molecule has 27 heavy (non-hydrogen) atoms. The molecule has 0 amide bonds. The zero-order valence-corrected chi connectivity index (χ0v) is 15.4. The maximum atomic E-state index is 12.6. The number of hydrogen-bond donors (Lipinski definition) is 0. The number of Topliss-reactive ketones (excluding diaryl/α,β-unsaturated/α-hetero) is 1. The third-order valence-corrected chi connectivity index (χ3v) is 4.45. The number of ketones is 1. The van der Waals surface area contributed by atoms with Crippen LogP contribution < -0.4 is 5.56 Å². The predicted molar refractivity (Wildman–Crippen MR) is 102 cm³/mol. The first-order valence-corrected chi connectivity index (χ1v) is 8.72. The molecule has 138 valence electrons. The maximum absolute atomic E-state index is 12.6. The van der Waals surface area contributed by atoms with Gasteiger partial charge in [-0.1, -0.05) is 49.4 Å². The van der Waals surface area contributed by atoms with E-state index in [0.717, 1.165) is 16.7 Å². The minimum Gasteiger partial charge on any atom is -0.449 e. The van der Waals surface area contributed by atoms with E-state index in [0.29, 0.717) is 16.3 Å². The van der Waals surface area contributed by atoms with Gasteiger partial charge >= 0.3 is 5.97 Å². The highest BCUT2D eigenvalue weighted by Crippen LogP contribution is 2.16. The Morgan fingerprint density at radius 3 is 2.33 bits per heavy atom. The van der Waals surface area contributed by atoms with Gasteiger partial charge in [-0.2, -0.15) is 5.10 Å². The van der Waals surface area contributed by atoms with Gasteiger partial charge in [-0.15, -0.1) is 0 Å². The fraction of sp³-hybridized carbons (Fsp3) is 0.238. The summed E-state index contributed by atoms with van der Waals surface area (Å²) in [5.41, 5.74) is 1.30. The summed E-state index contributed by atoms with van der Waals surface area (Å²) in [5, 5.41) is 4.80. The van der Waals surface area contributed by atoms with E-state index in [-0.39, 0.29) is 17.0 Å². The summed E-state index contributed by atoms with van der Waals surface area (Å²) in [6, 6.07) is 13.9. The van der Waals surface area contributed by atoms with E-state index in [1.54, 1.807) is 36.4 Å². The van der Waals surface area contributed by atoms with Gasteiger partial charge in [0.1, 0.15) is 0 Å². The molecule has 6 nitrogen and oxygen atoms in total. The van der Waals surface area contributed by atoms with E-state index in [9.17, 15) is 14.4 Å². The molecule has 0 aliphatic rings. The number of aromatic nitrogens is 2. The van der Waals surface area contributed by atoms with Crippen molar-refractivity contribution in [1.29, 1.82) is 0 Å². The molecule has 0 radical (unpaired) electrons. The van der Waals surface area contributed by atoms with E-state index >= 15 is 0 Å². The molecule has 0 spiro atoms. The molecular weight excluding hydrogens is 344 g/mol. The zero-order chi connectivity index (χ0) is 19.6. The number of rotatable bonds is 5. The van der Waals surface area contributed by atoms with Crippen molar-refractivity contribution >= 4 is 22.5 Å². The molecular formula is C21H20N2O4. The van der Waals surface area contributed by atoms with E-state index in [4.69, 9.17) is 4.74 Å². The van der Waals surface area contributed by atoms with Gasteiger partial charge in [-0.25, -0.2) is 9.48 Å². The molecule has 6 heteroatoms. The molecule has 1 heterocycles. The number of fused-ring (bicyclic) bond motifs is 1. The second-order valence-corrected chi connectivity index (χ2v) is 6.29. The molecule has 2 aromatic carbocycles. The van der Waals surface area contributed by atoms with Gasteiger partial charge < -0.3 is 4.74 Å². The van der Waals surface area contributed by atoms with Crippen LogP contribution in [0.3, 0.4) is 0 Å². The van der Waals surface area contributed by atoms with Crippen LogP contribution in [0.1, 0.15) is 40.3 Å². The first-order valence-electron chi connectivity index (χ1n) is 8.72. The van der Waals surface area contributed by atoms with E-state index in [1.165, 1.54) is 14.0 Å². The Morgan fingerprint density at radius 1 is 1.07 bits per heavy atom. The summed E-state index contributed by atoms with van der Waals surface area (Å²) in [4.78, 5) is 37.3. The first kappa shape index (κ1) is 18.5. The topological polar surface area (TPSA) is 78.3 Å². The van der Waals surface area contributed by atoms with Gasteiger partial charge in [0.25, 0.3) is 5.56 Å². The molecule has 0 unspecified atom stereocenters. The summed E-state index contributed by atoms with van der Waals surface area (Å²) in [7, 11) is 1.47. The van der Waals surface area contributed by atoms with E-state index in [2.05, 4.69) is 5.10 Å². The average molecular weight is 364 g/mol. The largest absolute Gasteiger partial charge is 0.449 e. The highest BCUT2D eigenvalue weighted by atomic mass is 16.5. The first-order chi connectivity index (χ1) is 12.9. The number of carbonyl (C=O) groups is 2. The fourth-order valence-corrected chi connectivity index (χ4v) is 2.86. The Kier molecular flexibility index (Phi) is 5.16. The molecule has 1 aromatic heterocycles. The Labute approximate surface area is 156 Å². The Morgan fingerprint density at radius 2 is 1.70 bits per heavy atom. The third-order valence-electron chi connectivity index (χ3n) is 4.45. The summed E-state index contributed by atoms with van der Waals surface area (Å²) < 4.78 is 6.44. The number of aryl methyl sites for hydroxylation is 2. The van der Waals surface area contributed by atoms with E-state index in [1.807, 2.05) is 19.1 Å². The van der Waals surface area contributed by atoms with Crippen molar-refractivity contribution in [2.45, 2.75) is 26.4 Å².